The average molecular weight is 449 g/mol. The largest absolute Gasteiger partial charge is 0.507 e. The van der Waals surface area contributed by atoms with Crippen molar-refractivity contribution in [3.05, 3.63) is 94.8 Å². The molecule has 0 spiro atoms. The van der Waals surface area contributed by atoms with E-state index in [2.05, 4.69) is 4.98 Å². The van der Waals surface area contributed by atoms with Gasteiger partial charge in [-0.05, 0) is 74.0 Å². The molecule has 1 saturated heterocycles. The zero-order valence-electron chi connectivity index (χ0n) is 17.5. The highest BCUT2D eigenvalue weighted by Crippen LogP contribution is 2.42. The Bertz CT molecular complexity index is 1190. The number of ether oxygens (including phenoxy) is 1. The normalized spacial score (nSPS) is 17.8. The summed E-state index contributed by atoms with van der Waals surface area (Å²) in [7, 11) is 0. The summed E-state index contributed by atoms with van der Waals surface area (Å²) in [6.45, 7) is 3.83. The van der Waals surface area contributed by atoms with E-state index in [1.54, 1.807) is 73.1 Å². The second kappa shape index (κ2) is 8.85. The van der Waals surface area contributed by atoms with E-state index in [1.165, 1.54) is 4.90 Å². The van der Waals surface area contributed by atoms with Crippen LogP contribution >= 0.6 is 11.6 Å². The van der Waals surface area contributed by atoms with Crippen molar-refractivity contribution in [2.24, 2.45) is 0 Å². The van der Waals surface area contributed by atoms with Gasteiger partial charge in [-0.1, -0.05) is 17.7 Å². The number of aliphatic hydroxyl groups excluding tert-OH is 1. The molecule has 7 heteroatoms. The van der Waals surface area contributed by atoms with Crippen LogP contribution in [0.4, 0.5) is 5.69 Å². The zero-order valence-corrected chi connectivity index (χ0v) is 18.3. The number of carbonyl (C=O) groups is 2. The number of pyridine rings is 1. The van der Waals surface area contributed by atoms with Crippen LogP contribution in [0.2, 0.25) is 5.02 Å². The van der Waals surface area contributed by atoms with Crippen molar-refractivity contribution in [3.8, 4) is 5.75 Å². The first kappa shape index (κ1) is 21.6. The van der Waals surface area contributed by atoms with Gasteiger partial charge in [-0.2, -0.15) is 0 Å². The van der Waals surface area contributed by atoms with E-state index in [0.29, 0.717) is 27.6 Å². The van der Waals surface area contributed by atoms with Gasteiger partial charge in [-0.15, -0.1) is 0 Å². The second-order valence-electron chi connectivity index (χ2n) is 7.62. The first-order valence-corrected chi connectivity index (χ1v) is 10.5. The fourth-order valence-electron chi connectivity index (χ4n) is 3.70. The van der Waals surface area contributed by atoms with Crippen LogP contribution in [0.25, 0.3) is 5.76 Å². The van der Waals surface area contributed by atoms with E-state index < -0.39 is 17.7 Å². The molecule has 2 heterocycles. The number of hydrogen-bond acceptors (Lipinski definition) is 5. The van der Waals surface area contributed by atoms with E-state index >= 15 is 0 Å². The predicted octanol–water partition coefficient (Wildman–Crippen LogP) is 5.15. The Kier molecular flexibility index (Phi) is 5.97. The molecule has 1 fully saturated rings. The third-order valence-electron chi connectivity index (χ3n) is 5.05. The molecular formula is C25H21ClN2O4. The molecule has 32 heavy (non-hydrogen) atoms. The van der Waals surface area contributed by atoms with Crippen LogP contribution in [0.5, 0.6) is 5.75 Å². The Balaban J connectivity index is 1.85. The van der Waals surface area contributed by atoms with Crippen molar-refractivity contribution in [1.29, 1.82) is 0 Å². The smallest absolute Gasteiger partial charge is 0.300 e. The summed E-state index contributed by atoms with van der Waals surface area (Å²) in [6.07, 6.45) is 3.15. The van der Waals surface area contributed by atoms with E-state index in [9.17, 15) is 14.7 Å². The lowest BCUT2D eigenvalue weighted by Gasteiger charge is -2.25. The van der Waals surface area contributed by atoms with Gasteiger partial charge >= 0.3 is 0 Å². The number of nitrogens with zero attached hydrogens (tertiary/aromatic N) is 2. The van der Waals surface area contributed by atoms with Crippen molar-refractivity contribution in [3.63, 3.8) is 0 Å². The molecule has 1 N–H and O–H groups in total. The van der Waals surface area contributed by atoms with Gasteiger partial charge in [0, 0.05) is 28.7 Å². The van der Waals surface area contributed by atoms with E-state index in [1.807, 2.05) is 13.8 Å². The van der Waals surface area contributed by atoms with E-state index in [4.69, 9.17) is 16.3 Å². The van der Waals surface area contributed by atoms with Crippen molar-refractivity contribution in [1.82, 2.24) is 4.98 Å². The Morgan fingerprint density at radius 2 is 1.75 bits per heavy atom. The molecule has 1 aliphatic rings. The lowest BCUT2D eigenvalue weighted by atomic mass is 9.95. The third-order valence-corrected chi connectivity index (χ3v) is 5.29. The van der Waals surface area contributed by atoms with Crippen LogP contribution in [0.1, 0.15) is 31.0 Å². The molecule has 0 saturated carbocycles. The molecule has 4 rings (SSSR count). The molecule has 162 valence electrons. The summed E-state index contributed by atoms with van der Waals surface area (Å²) in [5.41, 5.74) is 1.50. The highest BCUT2D eigenvalue weighted by atomic mass is 35.5. The maximum Gasteiger partial charge on any atom is 0.300 e. The van der Waals surface area contributed by atoms with Crippen LogP contribution in [0, 0.1) is 0 Å². The number of hydrogen-bond donors (Lipinski definition) is 1. The second-order valence-corrected chi connectivity index (χ2v) is 8.06. The molecule has 2 aromatic carbocycles. The molecule has 6 nitrogen and oxygen atoms in total. The van der Waals surface area contributed by atoms with Gasteiger partial charge in [0.05, 0.1) is 17.7 Å². The number of Topliss-reactive ketones (excluding diaryl/α,β-unsaturated/α-hetero) is 1. The summed E-state index contributed by atoms with van der Waals surface area (Å²) in [6, 6.07) is 16.0. The quantitative estimate of drug-likeness (QED) is 0.332. The molecule has 0 aliphatic carbocycles. The molecule has 1 amide bonds. The summed E-state index contributed by atoms with van der Waals surface area (Å²) < 4.78 is 5.64. The minimum atomic E-state index is -0.831. The summed E-state index contributed by atoms with van der Waals surface area (Å²) in [5, 5.41) is 11.6. The zero-order chi connectivity index (χ0) is 22.8. The highest BCUT2D eigenvalue weighted by Gasteiger charge is 2.47. The Hall–Kier alpha value is -3.64. The van der Waals surface area contributed by atoms with Crippen LogP contribution in [0.15, 0.2) is 78.6 Å². The Labute approximate surface area is 190 Å². The standard InChI is InChI=1S/C25H21ClN2O4/c1-15(2)32-20-8-6-17(7-9-20)23(29)21-22(16-10-12-27-13-11-16)28(25(31)24(21)30)19-5-3-4-18(26)14-19/h3-15,22,29H,1-2H3/b23-21+. The molecule has 0 bridgehead atoms. The summed E-state index contributed by atoms with van der Waals surface area (Å²) in [4.78, 5) is 31.6. The average Bonchev–Trinajstić information content (AvgIpc) is 3.05. The highest BCUT2D eigenvalue weighted by molar-refractivity contribution is 6.51. The van der Waals surface area contributed by atoms with Gasteiger partial charge in [-0.25, -0.2) is 0 Å². The maximum absolute atomic E-state index is 13.1. The SMILES string of the molecule is CC(C)Oc1ccc(/C(O)=C2\C(=O)C(=O)N(c3cccc(Cl)c3)C2c2ccncc2)cc1. The molecule has 1 atom stereocenters. The number of anilines is 1. The Morgan fingerprint density at radius 3 is 2.38 bits per heavy atom. The number of halogens is 1. The third kappa shape index (κ3) is 4.09. The van der Waals surface area contributed by atoms with E-state index in [0.717, 1.165) is 0 Å². The first-order valence-electron chi connectivity index (χ1n) is 10.1. The molecule has 1 aromatic heterocycles. The minimum Gasteiger partial charge on any atom is -0.507 e. The minimum absolute atomic E-state index is 0.00120. The van der Waals surface area contributed by atoms with Crippen LogP contribution in [-0.2, 0) is 9.59 Å². The van der Waals surface area contributed by atoms with Gasteiger partial charge < -0.3 is 9.84 Å². The van der Waals surface area contributed by atoms with Gasteiger partial charge in [0.2, 0.25) is 0 Å². The summed E-state index contributed by atoms with van der Waals surface area (Å²) >= 11 is 6.14. The number of aromatic nitrogens is 1. The fraction of sp³-hybridized carbons (Fsp3) is 0.160. The van der Waals surface area contributed by atoms with Gasteiger partial charge in [0.25, 0.3) is 11.7 Å². The van der Waals surface area contributed by atoms with Crippen LogP contribution in [-0.4, -0.2) is 27.9 Å². The van der Waals surface area contributed by atoms with Gasteiger partial charge in [0.1, 0.15) is 11.5 Å². The van der Waals surface area contributed by atoms with E-state index in [-0.39, 0.29) is 17.4 Å². The first-order chi connectivity index (χ1) is 15.4. The molecule has 3 aromatic rings. The van der Waals surface area contributed by atoms with Crippen LogP contribution < -0.4 is 9.64 Å². The molecule has 1 aliphatic heterocycles. The van der Waals surface area contributed by atoms with Gasteiger partial charge in [-0.3, -0.25) is 19.5 Å². The Morgan fingerprint density at radius 1 is 1.06 bits per heavy atom. The van der Waals surface area contributed by atoms with Gasteiger partial charge in [0.15, 0.2) is 0 Å². The van der Waals surface area contributed by atoms with Crippen molar-refractivity contribution >= 4 is 34.7 Å². The monoisotopic (exact) mass is 448 g/mol. The molecule has 1 unspecified atom stereocenters. The number of carbonyl (C=O) groups excluding carboxylic acids is 2. The number of amides is 1. The lowest BCUT2D eigenvalue weighted by Crippen LogP contribution is -2.29. The van der Waals surface area contributed by atoms with Crippen molar-refractivity contribution in [2.75, 3.05) is 4.90 Å². The topological polar surface area (TPSA) is 79.7 Å². The maximum atomic E-state index is 13.1. The van der Waals surface area contributed by atoms with Crippen molar-refractivity contribution < 1.29 is 19.4 Å². The summed E-state index contributed by atoms with van der Waals surface area (Å²) in [5.74, 6) is -1.13. The number of rotatable bonds is 5. The molecule has 0 radical (unpaired) electrons. The number of ketones is 1. The van der Waals surface area contributed by atoms with Crippen molar-refractivity contribution in [2.45, 2.75) is 26.0 Å². The fourth-order valence-corrected chi connectivity index (χ4v) is 3.89. The number of aliphatic hydroxyl groups is 1. The molecular weight excluding hydrogens is 428 g/mol. The predicted molar refractivity (Wildman–Crippen MR) is 123 cm³/mol. The lowest BCUT2D eigenvalue weighted by molar-refractivity contribution is -0.132. The van der Waals surface area contributed by atoms with Crippen LogP contribution in [0.3, 0.4) is 0 Å². The number of benzene rings is 2.